The summed E-state index contributed by atoms with van der Waals surface area (Å²) in [5.74, 6) is -1.03. The number of amides is 1. The van der Waals surface area contributed by atoms with Crippen LogP contribution in [0.4, 0.5) is 14.5 Å². The second-order valence-electron chi connectivity index (χ2n) is 5.07. The number of halogens is 2. The summed E-state index contributed by atoms with van der Waals surface area (Å²) in [6, 6.07) is 10.0. The zero-order chi connectivity index (χ0) is 19.8. The second kappa shape index (κ2) is 9.37. The fraction of sp³-hybridized carbons (Fsp3) is 0.222. The Hall–Kier alpha value is -3.36. The smallest absolute Gasteiger partial charge is 0.387 e. The van der Waals surface area contributed by atoms with Gasteiger partial charge in [-0.2, -0.15) is 8.78 Å². The highest BCUT2D eigenvalue weighted by molar-refractivity contribution is 5.96. The third kappa shape index (κ3) is 5.56. The molecule has 1 amide bonds. The highest BCUT2D eigenvalue weighted by Crippen LogP contribution is 2.29. The van der Waals surface area contributed by atoms with Gasteiger partial charge in [-0.3, -0.25) is 4.79 Å². The van der Waals surface area contributed by atoms with Crippen LogP contribution in [-0.2, 0) is 9.53 Å². The topological polar surface area (TPSA) is 83.1 Å². The quantitative estimate of drug-likeness (QED) is 0.708. The van der Waals surface area contributed by atoms with Crippen LogP contribution in [0.3, 0.4) is 0 Å². The zero-order valence-corrected chi connectivity index (χ0v) is 14.5. The summed E-state index contributed by atoms with van der Waals surface area (Å²) in [5, 5.41) is 2.52. The molecule has 1 N–H and O–H groups in total. The van der Waals surface area contributed by atoms with Gasteiger partial charge in [0.15, 0.2) is 18.1 Å². The van der Waals surface area contributed by atoms with E-state index in [1.54, 1.807) is 12.1 Å². The number of esters is 1. The molecule has 7 nitrogen and oxygen atoms in total. The van der Waals surface area contributed by atoms with Crippen LogP contribution in [-0.4, -0.2) is 39.3 Å². The maximum atomic E-state index is 12.4. The molecule has 2 aromatic rings. The number of ether oxygens (including phenoxy) is 4. The summed E-state index contributed by atoms with van der Waals surface area (Å²) in [5.41, 5.74) is 0.187. The minimum Gasteiger partial charge on any atom is -0.493 e. The number of anilines is 1. The van der Waals surface area contributed by atoms with Crippen molar-refractivity contribution in [3.63, 3.8) is 0 Å². The van der Waals surface area contributed by atoms with Crippen LogP contribution in [0.1, 0.15) is 10.4 Å². The van der Waals surface area contributed by atoms with Gasteiger partial charge in [0.2, 0.25) is 0 Å². The molecule has 2 rings (SSSR count). The van der Waals surface area contributed by atoms with Crippen molar-refractivity contribution >= 4 is 17.6 Å². The first-order valence-electron chi connectivity index (χ1n) is 7.67. The Labute approximate surface area is 153 Å². The lowest BCUT2D eigenvalue weighted by atomic mass is 10.2. The number of hydrogen-bond donors (Lipinski definition) is 1. The Kier molecular flexibility index (Phi) is 6.93. The zero-order valence-electron chi connectivity index (χ0n) is 14.5. The number of para-hydroxylation sites is 1. The van der Waals surface area contributed by atoms with E-state index >= 15 is 0 Å². The van der Waals surface area contributed by atoms with Gasteiger partial charge in [0.05, 0.1) is 14.2 Å². The maximum Gasteiger partial charge on any atom is 0.387 e. The molecule has 27 heavy (non-hydrogen) atoms. The number of carbonyl (C=O) groups excluding carboxylic acids is 2. The molecule has 0 heterocycles. The van der Waals surface area contributed by atoms with Crippen LogP contribution in [0.5, 0.6) is 17.2 Å². The van der Waals surface area contributed by atoms with Gasteiger partial charge in [0.25, 0.3) is 5.91 Å². The van der Waals surface area contributed by atoms with Gasteiger partial charge in [-0.05, 0) is 24.3 Å². The Morgan fingerprint density at radius 2 is 1.70 bits per heavy atom. The Balaban J connectivity index is 1.97. The van der Waals surface area contributed by atoms with Crippen LogP contribution in [0.2, 0.25) is 0 Å². The van der Waals surface area contributed by atoms with E-state index in [9.17, 15) is 18.4 Å². The summed E-state index contributed by atoms with van der Waals surface area (Å²) >= 11 is 0. The van der Waals surface area contributed by atoms with Crippen molar-refractivity contribution in [3.8, 4) is 17.2 Å². The van der Waals surface area contributed by atoms with Crippen molar-refractivity contribution in [2.45, 2.75) is 6.61 Å². The first-order valence-corrected chi connectivity index (χ1v) is 7.67. The Morgan fingerprint density at radius 3 is 2.37 bits per heavy atom. The number of nitrogens with one attached hydrogen (secondary N) is 1. The van der Waals surface area contributed by atoms with Gasteiger partial charge >= 0.3 is 12.6 Å². The predicted octanol–water partition coefficient (Wildman–Crippen LogP) is 3.10. The lowest BCUT2D eigenvalue weighted by Gasteiger charge is -2.12. The fourth-order valence-corrected chi connectivity index (χ4v) is 2.15. The monoisotopic (exact) mass is 381 g/mol. The molecule has 0 aromatic heterocycles. The van der Waals surface area contributed by atoms with E-state index in [0.717, 1.165) is 0 Å². The fourth-order valence-electron chi connectivity index (χ4n) is 2.15. The van der Waals surface area contributed by atoms with E-state index in [2.05, 4.69) is 10.1 Å². The standard InChI is InChI=1S/C18H17F2NO6/c1-24-14-8-7-11(9-15(14)25-2)21-16(22)10-26-17(23)12-5-3-4-6-13(12)27-18(19)20/h3-9,18H,10H2,1-2H3,(H,21,22). The summed E-state index contributed by atoms with van der Waals surface area (Å²) in [4.78, 5) is 24.0. The largest absolute Gasteiger partial charge is 0.493 e. The number of rotatable bonds is 8. The molecular weight excluding hydrogens is 364 g/mol. The van der Waals surface area contributed by atoms with Gasteiger partial charge in [0.1, 0.15) is 11.3 Å². The van der Waals surface area contributed by atoms with Crippen LogP contribution in [0, 0.1) is 0 Å². The number of benzene rings is 2. The van der Waals surface area contributed by atoms with E-state index in [1.165, 1.54) is 44.6 Å². The molecular formula is C18H17F2NO6. The number of hydrogen-bond acceptors (Lipinski definition) is 6. The van der Waals surface area contributed by atoms with Gasteiger partial charge in [-0.25, -0.2) is 4.79 Å². The van der Waals surface area contributed by atoms with Crippen molar-refractivity contribution < 1.29 is 37.3 Å². The summed E-state index contributed by atoms with van der Waals surface area (Å²) in [6.07, 6.45) is 0. The first kappa shape index (κ1) is 20.0. The van der Waals surface area contributed by atoms with Gasteiger partial charge in [0, 0.05) is 11.8 Å². The van der Waals surface area contributed by atoms with Crippen LogP contribution >= 0.6 is 0 Å². The minimum atomic E-state index is -3.09. The molecule has 0 aliphatic rings. The SMILES string of the molecule is COc1ccc(NC(=O)COC(=O)c2ccccc2OC(F)F)cc1OC. The van der Waals surface area contributed by atoms with Gasteiger partial charge < -0.3 is 24.3 Å². The maximum absolute atomic E-state index is 12.4. The lowest BCUT2D eigenvalue weighted by molar-refractivity contribution is -0.119. The number of alkyl halides is 2. The average molecular weight is 381 g/mol. The van der Waals surface area contributed by atoms with Crippen molar-refractivity contribution in [1.82, 2.24) is 0 Å². The summed E-state index contributed by atoms with van der Waals surface area (Å²) in [6.45, 7) is -3.71. The predicted molar refractivity (Wildman–Crippen MR) is 91.5 cm³/mol. The average Bonchev–Trinajstić information content (AvgIpc) is 2.66. The first-order chi connectivity index (χ1) is 12.9. The van der Waals surface area contributed by atoms with Gasteiger partial charge in [-0.15, -0.1) is 0 Å². The normalized spacial score (nSPS) is 10.3. The van der Waals surface area contributed by atoms with E-state index in [1.807, 2.05) is 0 Å². The summed E-state index contributed by atoms with van der Waals surface area (Å²) < 4.78 is 44.1. The van der Waals surface area contributed by atoms with Gasteiger partial charge in [-0.1, -0.05) is 12.1 Å². The molecule has 0 saturated carbocycles. The second-order valence-corrected chi connectivity index (χ2v) is 5.07. The molecule has 144 valence electrons. The number of carbonyl (C=O) groups is 2. The molecule has 0 unspecified atom stereocenters. The molecule has 0 radical (unpaired) electrons. The van der Waals surface area contributed by atoms with E-state index in [4.69, 9.17) is 14.2 Å². The van der Waals surface area contributed by atoms with Crippen LogP contribution in [0.25, 0.3) is 0 Å². The lowest BCUT2D eigenvalue weighted by Crippen LogP contribution is -2.21. The molecule has 0 bridgehead atoms. The summed E-state index contributed by atoms with van der Waals surface area (Å²) in [7, 11) is 2.93. The highest BCUT2D eigenvalue weighted by Gasteiger charge is 2.18. The molecule has 0 aliphatic carbocycles. The van der Waals surface area contributed by atoms with Crippen LogP contribution in [0.15, 0.2) is 42.5 Å². The molecule has 0 aliphatic heterocycles. The van der Waals surface area contributed by atoms with Crippen molar-refractivity contribution in [2.75, 3.05) is 26.1 Å². The molecule has 0 atom stereocenters. The highest BCUT2D eigenvalue weighted by atomic mass is 19.3. The Morgan fingerprint density at radius 1 is 1.00 bits per heavy atom. The molecule has 0 saturated heterocycles. The molecule has 0 fully saturated rings. The Bertz CT molecular complexity index is 812. The molecule has 0 spiro atoms. The van der Waals surface area contributed by atoms with Crippen LogP contribution < -0.4 is 19.5 Å². The van der Waals surface area contributed by atoms with E-state index in [0.29, 0.717) is 17.2 Å². The third-order valence-corrected chi connectivity index (χ3v) is 3.32. The number of methoxy groups -OCH3 is 2. The molecule has 2 aromatic carbocycles. The third-order valence-electron chi connectivity index (χ3n) is 3.32. The minimum absolute atomic E-state index is 0.211. The van der Waals surface area contributed by atoms with Crippen molar-refractivity contribution in [2.24, 2.45) is 0 Å². The van der Waals surface area contributed by atoms with Crippen molar-refractivity contribution in [3.05, 3.63) is 48.0 Å². The van der Waals surface area contributed by atoms with E-state index < -0.39 is 25.1 Å². The van der Waals surface area contributed by atoms with Crippen molar-refractivity contribution in [1.29, 1.82) is 0 Å². The molecule has 9 heteroatoms. The van der Waals surface area contributed by atoms with E-state index in [-0.39, 0.29) is 11.3 Å².